The second-order valence-corrected chi connectivity index (χ2v) is 9.27. The first kappa shape index (κ1) is 22.6. The van der Waals surface area contributed by atoms with Gasteiger partial charge in [-0.15, -0.1) is 0 Å². The maximum atomic E-state index is 6.14. The van der Waals surface area contributed by atoms with Crippen LogP contribution in [0.15, 0.2) is 35.3 Å². The summed E-state index contributed by atoms with van der Waals surface area (Å²) < 4.78 is 6.14. The number of fused-ring (bicyclic) bond motifs is 1. The Morgan fingerprint density at radius 3 is 2.68 bits per heavy atom. The molecule has 3 aliphatic rings. The quantitative estimate of drug-likeness (QED) is 0.393. The highest BCUT2D eigenvalue weighted by molar-refractivity contribution is 5.80. The Balaban J connectivity index is 1.18. The van der Waals surface area contributed by atoms with E-state index < -0.39 is 0 Å². The first-order chi connectivity index (χ1) is 15.3. The largest absolute Gasteiger partial charge is 0.373 e. The van der Waals surface area contributed by atoms with Crippen LogP contribution < -0.4 is 5.32 Å². The van der Waals surface area contributed by atoms with E-state index in [9.17, 15) is 0 Å². The highest BCUT2D eigenvalue weighted by Gasteiger charge is 2.41. The molecule has 31 heavy (non-hydrogen) atoms. The van der Waals surface area contributed by atoms with E-state index in [4.69, 9.17) is 4.74 Å². The molecule has 0 aromatic heterocycles. The zero-order valence-electron chi connectivity index (χ0n) is 19.3. The lowest BCUT2D eigenvalue weighted by atomic mass is 10.1. The number of hydrogen-bond donors (Lipinski definition) is 1. The molecular weight excluding hydrogens is 386 g/mol. The van der Waals surface area contributed by atoms with Crippen molar-refractivity contribution in [3.8, 4) is 0 Å². The van der Waals surface area contributed by atoms with Crippen molar-refractivity contribution in [2.24, 2.45) is 4.99 Å². The van der Waals surface area contributed by atoms with E-state index in [-0.39, 0.29) is 6.10 Å². The fourth-order valence-corrected chi connectivity index (χ4v) is 5.30. The molecule has 0 bridgehead atoms. The van der Waals surface area contributed by atoms with Crippen LogP contribution in [-0.4, -0.2) is 92.3 Å². The van der Waals surface area contributed by atoms with Gasteiger partial charge in [0.05, 0.1) is 18.8 Å². The number of guanidine groups is 1. The van der Waals surface area contributed by atoms with Gasteiger partial charge in [-0.05, 0) is 50.9 Å². The number of benzene rings is 1. The Bertz CT molecular complexity index is 676. The van der Waals surface area contributed by atoms with Crippen molar-refractivity contribution in [2.75, 3.05) is 59.5 Å². The van der Waals surface area contributed by atoms with E-state index in [2.05, 4.69) is 55.3 Å². The van der Waals surface area contributed by atoms with Crippen molar-refractivity contribution in [2.45, 2.75) is 57.2 Å². The van der Waals surface area contributed by atoms with E-state index in [1.54, 1.807) is 0 Å². The number of aliphatic imine (C=N–C) groups is 1. The van der Waals surface area contributed by atoms with E-state index in [0.717, 1.165) is 45.3 Å². The molecule has 3 saturated heterocycles. The third-order valence-corrected chi connectivity index (χ3v) is 7.04. The molecule has 0 radical (unpaired) electrons. The summed E-state index contributed by atoms with van der Waals surface area (Å²) in [5.74, 6) is 1.04. The Kier molecular flexibility index (Phi) is 8.62. The highest BCUT2D eigenvalue weighted by Crippen LogP contribution is 2.24. The molecule has 6 heteroatoms. The zero-order valence-corrected chi connectivity index (χ0v) is 19.3. The average Bonchev–Trinajstić information content (AvgIpc) is 3.25. The van der Waals surface area contributed by atoms with Crippen LogP contribution in [0.4, 0.5) is 0 Å². The van der Waals surface area contributed by atoms with E-state index in [0.29, 0.717) is 6.04 Å². The summed E-state index contributed by atoms with van der Waals surface area (Å²) in [6.45, 7) is 9.67. The standard InChI is InChI=1S/C25H41N5O/c1-26-25(27-13-7-3-8-14-28-15-9-4-10-16-28)30-20-23-24(21-30)31-18-17-29(23)19-22-11-5-2-6-12-22/h2,5-6,11-12,23-24H,3-4,7-10,13-21H2,1H3,(H,26,27). The number of unbranched alkanes of at least 4 members (excludes halogenated alkanes) is 2. The number of ether oxygens (including phenoxy) is 1. The minimum Gasteiger partial charge on any atom is -0.373 e. The molecule has 172 valence electrons. The van der Waals surface area contributed by atoms with Gasteiger partial charge in [0.15, 0.2) is 5.96 Å². The summed E-state index contributed by atoms with van der Waals surface area (Å²) in [5.41, 5.74) is 1.38. The summed E-state index contributed by atoms with van der Waals surface area (Å²) >= 11 is 0. The van der Waals surface area contributed by atoms with Gasteiger partial charge in [0.2, 0.25) is 0 Å². The van der Waals surface area contributed by atoms with Gasteiger partial charge < -0.3 is 19.9 Å². The number of nitrogens with one attached hydrogen (secondary N) is 1. The summed E-state index contributed by atoms with van der Waals surface area (Å²) in [6, 6.07) is 11.2. The predicted molar refractivity (Wildman–Crippen MR) is 127 cm³/mol. The fourth-order valence-electron chi connectivity index (χ4n) is 5.30. The van der Waals surface area contributed by atoms with E-state index in [1.165, 1.54) is 63.7 Å². The van der Waals surface area contributed by atoms with Gasteiger partial charge in [-0.25, -0.2) is 0 Å². The molecule has 0 amide bonds. The lowest BCUT2D eigenvalue weighted by Crippen LogP contribution is -2.50. The molecule has 2 unspecified atom stereocenters. The first-order valence-electron chi connectivity index (χ1n) is 12.4. The van der Waals surface area contributed by atoms with Crippen LogP contribution in [0.1, 0.15) is 44.1 Å². The van der Waals surface area contributed by atoms with Crippen LogP contribution in [0.3, 0.4) is 0 Å². The molecule has 0 spiro atoms. The SMILES string of the molecule is CN=C(NCCCCCN1CCCCC1)N1CC2OCCN(Cc3ccccc3)C2C1. The molecule has 3 aliphatic heterocycles. The summed E-state index contributed by atoms with van der Waals surface area (Å²) in [4.78, 5) is 12.2. The summed E-state index contributed by atoms with van der Waals surface area (Å²) in [5, 5.41) is 3.61. The fraction of sp³-hybridized carbons (Fsp3) is 0.720. The molecule has 4 rings (SSSR count). The smallest absolute Gasteiger partial charge is 0.193 e. The normalized spacial score (nSPS) is 25.6. The van der Waals surface area contributed by atoms with Crippen molar-refractivity contribution in [1.29, 1.82) is 0 Å². The van der Waals surface area contributed by atoms with Crippen LogP contribution in [0.5, 0.6) is 0 Å². The van der Waals surface area contributed by atoms with Gasteiger partial charge in [-0.2, -0.15) is 0 Å². The van der Waals surface area contributed by atoms with E-state index in [1.807, 2.05) is 7.05 Å². The number of likely N-dealkylation sites (tertiary alicyclic amines) is 2. The van der Waals surface area contributed by atoms with Crippen molar-refractivity contribution in [3.05, 3.63) is 35.9 Å². The topological polar surface area (TPSA) is 43.3 Å². The third kappa shape index (κ3) is 6.43. The van der Waals surface area contributed by atoms with Gasteiger partial charge in [0.1, 0.15) is 0 Å². The molecule has 1 aromatic rings. The van der Waals surface area contributed by atoms with Crippen LogP contribution in [0, 0.1) is 0 Å². The molecule has 0 saturated carbocycles. The maximum absolute atomic E-state index is 6.14. The first-order valence-corrected chi connectivity index (χ1v) is 12.4. The Labute approximate surface area is 188 Å². The van der Waals surface area contributed by atoms with Crippen LogP contribution >= 0.6 is 0 Å². The van der Waals surface area contributed by atoms with E-state index >= 15 is 0 Å². The lowest BCUT2D eigenvalue weighted by molar-refractivity contribution is -0.0502. The van der Waals surface area contributed by atoms with Crippen LogP contribution in [0.25, 0.3) is 0 Å². The summed E-state index contributed by atoms with van der Waals surface area (Å²) in [7, 11) is 1.91. The van der Waals surface area contributed by atoms with Crippen molar-refractivity contribution in [1.82, 2.24) is 20.0 Å². The van der Waals surface area contributed by atoms with Crippen molar-refractivity contribution >= 4 is 5.96 Å². The average molecular weight is 428 g/mol. The molecule has 0 aliphatic carbocycles. The molecule has 3 heterocycles. The molecule has 1 N–H and O–H groups in total. The van der Waals surface area contributed by atoms with Gasteiger partial charge in [-0.1, -0.05) is 43.2 Å². The molecule has 3 fully saturated rings. The second kappa shape index (κ2) is 11.8. The van der Waals surface area contributed by atoms with Crippen LogP contribution in [0.2, 0.25) is 0 Å². The lowest BCUT2D eigenvalue weighted by Gasteiger charge is -2.36. The predicted octanol–water partition coefficient (Wildman–Crippen LogP) is 2.80. The van der Waals surface area contributed by atoms with Gasteiger partial charge >= 0.3 is 0 Å². The number of morpholine rings is 1. The van der Waals surface area contributed by atoms with Crippen molar-refractivity contribution in [3.63, 3.8) is 0 Å². The zero-order chi connectivity index (χ0) is 21.3. The highest BCUT2D eigenvalue weighted by atomic mass is 16.5. The molecular formula is C25H41N5O. The second-order valence-electron chi connectivity index (χ2n) is 9.27. The maximum Gasteiger partial charge on any atom is 0.193 e. The number of rotatable bonds is 8. The molecule has 2 atom stereocenters. The minimum atomic E-state index is 0.278. The Morgan fingerprint density at radius 2 is 1.87 bits per heavy atom. The van der Waals surface area contributed by atoms with Gasteiger partial charge in [0, 0.05) is 39.8 Å². The van der Waals surface area contributed by atoms with Gasteiger partial charge in [0.25, 0.3) is 0 Å². The molecule has 1 aromatic carbocycles. The Morgan fingerprint density at radius 1 is 1.03 bits per heavy atom. The number of piperidine rings is 1. The number of nitrogens with zero attached hydrogens (tertiary/aromatic N) is 4. The molecule has 6 nitrogen and oxygen atoms in total. The Hall–Kier alpha value is -1.63. The minimum absolute atomic E-state index is 0.278. The third-order valence-electron chi connectivity index (χ3n) is 7.04. The monoisotopic (exact) mass is 427 g/mol. The number of hydrogen-bond acceptors (Lipinski definition) is 4. The van der Waals surface area contributed by atoms with Gasteiger partial charge in [-0.3, -0.25) is 9.89 Å². The van der Waals surface area contributed by atoms with Crippen LogP contribution in [-0.2, 0) is 11.3 Å². The van der Waals surface area contributed by atoms with Crippen molar-refractivity contribution < 1.29 is 4.74 Å². The summed E-state index contributed by atoms with van der Waals surface area (Å²) in [6.07, 6.45) is 8.30.